The van der Waals surface area contributed by atoms with Gasteiger partial charge in [-0.05, 0) is 50.2 Å². The molecule has 33 heavy (non-hydrogen) atoms. The molecule has 7 nitrogen and oxygen atoms in total. The number of amides is 1. The Bertz CT molecular complexity index is 1540. The lowest BCUT2D eigenvalue weighted by Gasteiger charge is -2.14. The molecule has 0 aliphatic heterocycles. The minimum atomic E-state index is -4.13. The van der Waals surface area contributed by atoms with Gasteiger partial charge < -0.3 is 9.88 Å². The van der Waals surface area contributed by atoms with E-state index in [1.165, 1.54) is 29.0 Å². The molecule has 0 atom stereocenters. The third-order valence-corrected chi connectivity index (χ3v) is 7.20. The number of hydrogen-bond acceptors (Lipinski definition) is 5. The summed E-state index contributed by atoms with van der Waals surface area (Å²) in [4.78, 5) is 29.9. The number of anilines is 1. The van der Waals surface area contributed by atoms with E-state index in [1.54, 1.807) is 49.4 Å². The molecule has 0 bridgehead atoms. The summed E-state index contributed by atoms with van der Waals surface area (Å²) in [6.45, 7) is 3.31. The molecule has 0 radical (unpaired) electrons. The summed E-state index contributed by atoms with van der Waals surface area (Å²) in [6, 6.07) is 16.1. The number of rotatable bonds is 5. The number of carbonyl (C=O) groups is 1. The van der Waals surface area contributed by atoms with Crippen LogP contribution in [-0.4, -0.2) is 23.9 Å². The van der Waals surface area contributed by atoms with E-state index in [2.05, 4.69) is 10.3 Å². The van der Waals surface area contributed by atoms with Crippen molar-refractivity contribution in [2.45, 2.75) is 30.2 Å². The number of sulfone groups is 1. The Kier molecular flexibility index (Phi) is 6.05. The van der Waals surface area contributed by atoms with Crippen LogP contribution in [0.3, 0.4) is 0 Å². The molecule has 0 unspecified atom stereocenters. The van der Waals surface area contributed by atoms with Gasteiger partial charge in [0.1, 0.15) is 17.1 Å². The van der Waals surface area contributed by atoms with Crippen LogP contribution in [0.5, 0.6) is 0 Å². The van der Waals surface area contributed by atoms with E-state index >= 15 is 0 Å². The second-order valence-corrected chi connectivity index (χ2v) is 9.94. The lowest BCUT2D eigenvalue weighted by molar-refractivity contribution is -0.116. The maximum Gasteiger partial charge on any atom is 0.244 e. The third-order valence-electron chi connectivity index (χ3n) is 5.11. The lowest BCUT2D eigenvalue weighted by Crippen LogP contribution is -2.24. The van der Waals surface area contributed by atoms with E-state index < -0.39 is 26.1 Å². The molecule has 4 aromatic rings. The van der Waals surface area contributed by atoms with Crippen LogP contribution >= 0.6 is 11.6 Å². The van der Waals surface area contributed by atoms with E-state index in [1.807, 2.05) is 6.92 Å². The molecule has 0 saturated heterocycles. The van der Waals surface area contributed by atoms with Crippen molar-refractivity contribution >= 4 is 44.1 Å². The fourth-order valence-electron chi connectivity index (χ4n) is 3.40. The predicted molar refractivity (Wildman–Crippen MR) is 127 cm³/mol. The molecule has 0 saturated carbocycles. The minimum Gasteiger partial charge on any atom is -0.323 e. The first-order chi connectivity index (χ1) is 15.7. The number of benzene rings is 2. The van der Waals surface area contributed by atoms with E-state index in [0.717, 1.165) is 5.56 Å². The summed E-state index contributed by atoms with van der Waals surface area (Å²) in [7, 11) is -4.13. The van der Waals surface area contributed by atoms with Crippen molar-refractivity contribution < 1.29 is 13.2 Å². The Balaban J connectivity index is 1.83. The number of nitrogens with one attached hydrogen (secondary N) is 1. The first-order valence-corrected chi connectivity index (χ1v) is 11.9. The van der Waals surface area contributed by atoms with Crippen LogP contribution in [0, 0.1) is 13.8 Å². The number of halogens is 1. The number of nitrogens with zero attached hydrogens (tertiary/aromatic N) is 2. The van der Waals surface area contributed by atoms with E-state index in [0.29, 0.717) is 16.4 Å². The molecule has 2 heterocycles. The fourth-order valence-corrected chi connectivity index (χ4v) is 4.95. The number of aromatic nitrogens is 2. The van der Waals surface area contributed by atoms with Crippen molar-refractivity contribution in [1.82, 2.24) is 9.55 Å². The molecule has 0 spiro atoms. The van der Waals surface area contributed by atoms with Gasteiger partial charge in [0, 0.05) is 11.9 Å². The van der Waals surface area contributed by atoms with Crippen molar-refractivity contribution in [3.8, 4) is 0 Å². The average molecular weight is 482 g/mol. The molecular formula is C24H20ClN3O4S. The lowest BCUT2D eigenvalue weighted by atomic mass is 10.2. The summed E-state index contributed by atoms with van der Waals surface area (Å²) in [5, 5.41) is 3.18. The van der Waals surface area contributed by atoms with Gasteiger partial charge in [0.15, 0.2) is 0 Å². The van der Waals surface area contributed by atoms with Gasteiger partial charge in [-0.1, -0.05) is 41.4 Å². The van der Waals surface area contributed by atoms with Gasteiger partial charge in [-0.15, -0.1) is 0 Å². The number of pyridine rings is 2. The van der Waals surface area contributed by atoms with Crippen LogP contribution in [0.15, 0.2) is 81.4 Å². The van der Waals surface area contributed by atoms with Crippen LogP contribution in [0.4, 0.5) is 5.69 Å². The van der Waals surface area contributed by atoms with Crippen molar-refractivity contribution in [3.05, 3.63) is 93.4 Å². The fraction of sp³-hybridized carbons (Fsp3) is 0.125. The highest BCUT2D eigenvalue weighted by atomic mass is 35.5. The monoisotopic (exact) mass is 481 g/mol. The standard InChI is InChI=1S/C24H20ClN3O4S/c1-15-7-10-17(11-8-15)33(31,32)21-13-28(24-18(23(21)30)12-9-16(2)26-24)14-22(29)27-20-6-4-3-5-19(20)25/h3-13H,14H2,1-2H3,(H,27,29). The Morgan fingerprint density at radius 1 is 1.03 bits per heavy atom. The normalized spacial score (nSPS) is 11.5. The van der Waals surface area contributed by atoms with Gasteiger partial charge in [0.2, 0.25) is 21.2 Å². The molecular weight excluding hydrogens is 462 g/mol. The van der Waals surface area contributed by atoms with Gasteiger partial charge in [0.05, 0.1) is 21.0 Å². The Labute approximate surface area is 195 Å². The largest absolute Gasteiger partial charge is 0.323 e. The smallest absolute Gasteiger partial charge is 0.244 e. The predicted octanol–water partition coefficient (Wildman–Crippen LogP) is 4.14. The quantitative estimate of drug-likeness (QED) is 0.462. The van der Waals surface area contributed by atoms with Crippen LogP contribution in [0.2, 0.25) is 5.02 Å². The van der Waals surface area contributed by atoms with Gasteiger partial charge in [-0.3, -0.25) is 9.59 Å². The number of fused-ring (bicyclic) bond motifs is 1. The number of carbonyl (C=O) groups excluding carboxylic acids is 1. The molecule has 1 N–H and O–H groups in total. The summed E-state index contributed by atoms with van der Waals surface area (Å²) in [5.41, 5.74) is 1.49. The molecule has 2 aromatic carbocycles. The van der Waals surface area contributed by atoms with Crippen LogP contribution < -0.4 is 10.7 Å². The summed E-state index contributed by atoms with van der Waals surface area (Å²) < 4.78 is 28.0. The second kappa shape index (κ2) is 8.80. The zero-order chi connectivity index (χ0) is 23.8. The van der Waals surface area contributed by atoms with Gasteiger partial charge in [-0.2, -0.15) is 0 Å². The average Bonchev–Trinajstić information content (AvgIpc) is 2.77. The minimum absolute atomic E-state index is 0.00307. The van der Waals surface area contributed by atoms with E-state index in [-0.39, 0.29) is 22.5 Å². The molecule has 0 aliphatic rings. The number of para-hydroxylation sites is 1. The van der Waals surface area contributed by atoms with E-state index in [4.69, 9.17) is 11.6 Å². The summed E-state index contributed by atoms with van der Waals surface area (Å²) in [5.74, 6) is -0.449. The van der Waals surface area contributed by atoms with Gasteiger partial charge in [0.25, 0.3) is 0 Å². The van der Waals surface area contributed by atoms with Crippen molar-refractivity contribution in [2.75, 3.05) is 5.32 Å². The molecule has 9 heteroatoms. The maximum absolute atomic E-state index is 13.3. The summed E-state index contributed by atoms with van der Waals surface area (Å²) in [6.07, 6.45) is 1.18. The topological polar surface area (TPSA) is 98.1 Å². The first kappa shape index (κ1) is 22.7. The Hall–Kier alpha value is -3.49. The molecule has 0 aliphatic carbocycles. The number of aryl methyl sites for hydroxylation is 2. The highest BCUT2D eigenvalue weighted by Gasteiger charge is 2.25. The SMILES string of the molecule is Cc1ccc(S(=O)(=O)c2cn(CC(=O)Nc3ccccc3Cl)c3nc(C)ccc3c2=O)cc1. The van der Waals surface area contributed by atoms with Gasteiger partial charge >= 0.3 is 0 Å². The van der Waals surface area contributed by atoms with Crippen LogP contribution in [0.1, 0.15) is 11.3 Å². The number of hydrogen-bond donors (Lipinski definition) is 1. The summed E-state index contributed by atoms with van der Waals surface area (Å²) >= 11 is 6.12. The molecule has 0 fully saturated rings. The third kappa shape index (κ3) is 4.53. The zero-order valence-electron chi connectivity index (χ0n) is 17.9. The first-order valence-electron chi connectivity index (χ1n) is 10.0. The van der Waals surface area contributed by atoms with E-state index in [9.17, 15) is 18.0 Å². The highest BCUT2D eigenvalue weighted by Crippen LogP contribution is 2.23. The van der Waals surface area contributed by atoms with Crippen molar-refractivity contribution in [2.24, 2.45) is 0 Å². The second-order valence-electron chi connectivity index (χ2n) is 7.62. The maximum atomic E-state index is 13.3. The molecule has 168 valence electrons. The van der Waals surface area contributed by atoms with Gasteiger partial charge in [-0.25, -0.2) is 13.4 Å². The van der Waals surface area contributed by atoms with Crippen LogP contribution in [-0.2, 0) is 21.2 Å². The molecule has 1 amide bonds. The highest BCUT2D eigenvalue weighted by molar-refractivity contribution is 7.91. The molecule has 4 rings (SSSR count). The Morgan fingerprint density at radius 2 is 1.73 bits per heavy atom. The molecule has 2 aromatic heterocycles. The van der Waals surface area contributed by atoms with Crippen molar-refractivity contribution in [3.63, 3.8) is 0 Å². The van der Waals surface area contributed by atoms with Crippen LogP contribution in [0.25, 0.3) is 11.0 Å². The zero-order valence-corrected chi connectivity index (χ0v) is 19.4. The van der Waals surface area contributed by atoms with Crippen molar-refractivity contribution in [1.29, 1.82) is 0 Å². The Morgan fingerprint density at radius 3 is 2.42 bits per heavy atom.